The first-order chi connectivity index (χ1) is 15.4. The summed E-state index contributed by atoms with van der Waals surface area (Å²) >= 11 is 0. The number of methoxy groups -OCH3 is 1. The molecular formula is C24H28N2O6. The number of aryl methyl sites for hydroxylation is 1. The lowest BCUT2D eigenvalue weighted by atomic mass is 10.1. The van der Waals surface area contributed by atoms with E-state index in [9.17, 15) is 14.9 Å². The molecular weight excluding hydrogens is 412 g/mol. The maximum atomic E-state index is 13.4. The largest absolute Gasteiger partial charge is 0.493 e. The lowest BCUT2D eigenvalue weighted by Crippen LogP contribution is -2.37. The molecule has 32 heavy (non-hydrogen) atoms. The lowest BCUT2D eigenvalue weighted by molar-refractivity contribution is -0.385. The van der Waals surface area contributed by atoms with E-state index >= 15 is 0 Å². The average molecular weight is 440 g/mol. The van der Waals surface area contributed by atoms with E-state index in [1.165, 1.54) is 6.07 Å². The van der Waals surface area contributed by atoms with Gasteiger partial charge < -0.3 is 19.1 Å². The minimum atomic E-state index is -0.469. The van der Waals surface area contributed by atoms with E-state index in [1.54, 1.807) is 43.2 Å². The van der Waals surface area contributed by atoms with Gasteiger partial charge in [-0.05, 0) is 43.5 Å². The molecule has 8 nitrogen and oxygen atoms in total. The first-order valence-electron chi connectivity index (χ1n) is 10.5. The van der Waals surface area contributed by atoms with E-state index in [4.69, 9.17) is 14.2 Å². The number of carbonyl (C=O) groups is 1. The van der Waals surface area contributed by atoms with Crippen molar-refractivity contribution in [3.8, 4) is 11.5 Å². The van der Waals surface area contributed by atoms with Crippen LogP contribution in [0.4, 0.5) is 5.69 Å². The van der Waals surface area contributed by atoms with Gasteiger partial charge in [-0.2, -0.15) is 0 Å². The maximum Gasteiger partial charge on any atom is 0.273 e. The second-order valence-electron chi connectivity index (χ2n) is 7.66. The molecule has 1 unspecified atom stereocenters. The van der Waals surface area contributed by atoms with Crippen LogP contribution in [0.15, 0.2) is 49.1 Å². The fourth-order valence-electron chi connectivity index (χ4n) is 3.67. The summed E-state index contributed by atoms with van der Waals surface area (Å²) < 4.78 is 16.8. The van der Waals surface area contributed by atoms with Gasteiger partial charge in [0.25, 0.3) is 11.6 Å². The second kappa shape index (κ2) is 10.8. The van der Waals surface area contributed by atoms with Crippen LogP contribution < -0.4 is 9.47 Å². The molecule has 1 aliphatic heterocycles. The summed E-state index contributed by atoms with van der Waals surface area (Å²) in [6.07, 6.45) is 3.41. The Morgan fingerprint density at radius 2 is 2.12 bits per heavy atom. The van der Waals surface area contributed by atoms with Gasteiger partial charge in [-0.1, -0.05) is 24.8 Å². The summed E-state index contributed by atoms with van der Waals surface area (Å²) in [5.74, 6) is 0.858. The van der Waals surface area contributed by atoms with Crippen molar-refractivity contribution in [1.29, 1.82) is 0 Å². The highest BCUT2D eigenvalue weighted by Gasteiger charge is 2.25. The number of benzene rings is 2. The van der Waals surface area contributed by atoms with Crippen LogP contribution in [0.5, 0.6) is 11.5 Å². The number of nitro benzene ring substituents is 1. The van der Waals surface area contributed by atoms with Crippen molar-refractivity contribution < 1.29 is 23.9 Å². The monoisotopic (exact) mass is 440 g/mol. The van der Waals surface area contributed by atoms with Crippen molar-refractivity contribution in [1.82, 2.24) is 4.90 Å². The molecule has 8 heteroatoms. The highest BCUT2D eigenvalue weighted by Crippen LogP contribution is 2.29. The van der Waals surface area contributed by atoms with Gasteiger partial charge in [0.2, 0.25) is 0 Å². The zero-order valence-corrected chi connectivity index (χ0v) is 18.4. The van der Waals surface area contributed by atoms with Gasteiger partial charge >= 0.3 is 0 Å². The van der Waals surface area contributed by atoms with E-state index in [1.807, 2.05) is 12.1 Å². The summed E-state index contributed by atoms with van der Waals surface area (Å²) in [4.78, 5) is 25.9. The second-order valence-corrected chi connectivity index (χ2v) is 7.66. The van der Waals surface area contributed by atoms with Crippen LogP contribution in [-0.2, 0) is 11.3 Å². The van der Waals surface area contributed by atoms with Gasteiger partial charge in [-0.25, -0.2) is 0 Å². The lowest BCUT2D eigenvalue weighted by Gasteiger charge is -2.26. The van der Waals surface area contributed by atoms with Gasteiger partial charge in [0.05, 0.1) is 18.1 Å². The number of ether oxygens (including phenoxy) is 3. The molecule has 0 aliphatic carbocycles. The maximum absolute atomic E-state index is 13.4. The molecule has 0 aromatic heterocycles. The zero-order chi connectivity index (χ0) is 23.1. The SMILES string of the molecule is C=CCOc1ccc(CN(CC2CCCO2)C(=O)c2ccc(C)c([N+](=O)[O-])c2)cc1OC. The van der Waals surface area contributed by atoms with Crippen LogP contribution in [0.2, 0.25) is 0 Å². The van der Waals surface area contributed by atoms with Crippen molar-refractivity contribution >= 4 is 11.6 Å². The molecule has 0 bridgehead atoms. The van der Waals surface area contributed by atoms with Crippen molar-refractivity contribution in [2.24, 2.45) is 0 Å². The Kier molecular flexibility index (Phi) is 7.83. The van der Waals surface area contributed by atoms with Crippen LogP contribution in [0.1, 0.15) is 34.3 Å². The van der Waals surface area contributed by atoms with Crippen molar-refractivity contribution in [2.75, 3.05) is 26.9 Å². The number of nitro groups is 1. The molecule has 1 atom stereocenters. The summed E-state index contributed by atoms with van der Waals surface area (Å²) in [6, 6.07) is 10.1. The van der Waals surface area contributed by atoms with Gasteiger partial charge in [-0.3, -0.25) is 14.9 Å². The molecule has 2 aromatic carbocycles. The first-order valence-corrected chi connectivity index (χ1v) is 10.5. The third-order valence-corrected chi connectivity index (χ3v) is 5.35. The minimum absolute atomic E-state index is 0.0588. The molecule has 1 fully saturated rings. The van der Waals surface area contributed by atoms with Gasteiger partial charge in [0.1, 0.15) is 6.61 Å². The molecule has 0 radical (unpaired) electrons. The molecule has 3 rings (SSSR count). The van der Waals surface area contributed by atoms with Crippen molar-refractivity contribution in [3.63, 3.8) is 0 Å². The van der Waals surface area contributed by atoms with Gasteiger partial charge in [-0.15, -0.1) is 0 Å². The molecule has 0 spiro atoms. The molecule has 1 aliphatic rings. The minimum Gasteiger partial charge on any atom is -0.493 e. The molecule has 0 N–H and O–H groups in total. The van der Waals surface area contributed by atoms with E-state index in [-0.39, 0.29) is 23.3 Å². The third-order valence-electron chi connectivity index (χ3n) is 5.35. The average Bonchev–Trinajstić information content (AvgIpc) is 3.30. The summed E-state index contributed by atoms with van der Waals surface area (Å²) in [5, 5.41) is 11.3. The number of hydrogen-bond acceptors (Lipinski definition) is 6. The number of rotatable bonds is 10. The van der Waals surface area contributed by atoms with Crippen LogP contribution >= 0.6 is 0 Å². The van der Waals surface area contributed by atoms with Crippen molar-refractivity contribution in [3.05, 3.63) is 75.9 Å². The fourth-order valence-corrected chi connectivity index (χ4v) is 3.67. The van der Waals surface area contributed by atoms with Crippen LogP contribution in [-0.4, -0.2) is 48.7 Å². The van der Waals surface area contributed by atoms with E-state index in [2.05, 4.69) is 6.58 Å². The Morgan fingerprint density at radius 1 is 1.31 bits per heavy atom. The summed E-state index contributed by atoms with van der Waals surface area (Å²) in [6.45, 7) is 7.02. The van der Waals surface area contributed by atoms with Crippen LogP contribution in [0.3, 0.4) is 0 Å². The Hall–Kier alpha value is -3.39. The summed E-state index contributed by atoms with van der Waals surface area (Å²) in [5.41, 5.74) is 1.56. The molecule has 0 saturated carbocycles. The smallest absolute Gasteiger partial charge is 0.273 e. The predicted molar refractivity (Wildman–Crippen MR) is 120 cm³/mol. The quantitative estimate of drug-likeness (QED) is 0.311. The topological polar surface area (TPSA) is 91.1 Å². The molecule has 2 aromatic rings. The fraction of sp³-hybridized carbons (Fsp3) is 0.375. The van der Waals surface area contributed by atoms with E-state index in [0.717, 1.165) is 18.4 Å². The normalized spacial score (nSPS) is 15.2. The zero-order valence-electron chi connectivity index (χ0n) is 18.4. The Labute approximate surface area is 187 Å². The highest BCUT2D eigenvalue weighted by molar-refractivity contribution is 5.95. The number of nitrogens with zero attached hydrogens (tertiary/aromatic N) is 2. The molecule has 1 amide bonds. The summed E-state index contributed by atoms with van der Waals surface area (Å²) in [7, 11) is 1.56. The first kappa shape index (κ1) is 23.3. The molecule has 170 valence electrons. The Morgan fingerprint density at radius 3 is 2.78 bits per heavy atom. The highest BCUT2D eigenvalue weighted by atomic mass is 16.6. The van der Waals surface area contributed by atoms with Gasteiger partial charge in [0.15, 0.2) is 11.5 Å². The Bertz CT molecular complexity index is 984. The van der Waals surface area contributed by atoms with E-state index < -0.39 is 4.92 Å². The standard InChI is InChI=1S/C24H28N2O6/c1-4-11-32-22-10-8-18(13-23(22)30-3)15-25(16-20-6-5-12-31-20)24(27)19-9-7-17(2)21(14-19)26(28)29/h4,7-10,13-14,20H,1,5-6,11-12,15-16H2,2-3H3. The number of hydrogen-bond donors (Lipinski definition) is 0. The van der Waals surface area contributed by atoms with E-state index in [0.29, 0.717) is 43.4 Å². The molecule has 1 saturated heterocycles. The third kappa shape index (κ3) is 5.64. The Balaban J connectivity index is 1.87. The van der Waals surface area contributed by atoms with Gasteiger partial charge in [0, 0.05) is 36.9 Å². The van der Waals surface area contributed by atoms with Crippen LogP contribution in [0.25, 0.3) is 0 Å². The van der Waals surface area contributed by atoms with Crippen LogP contribution in [0, 0.1) is 17.0 Å². The number of carbonyl (C=O) groups excluding carboxylic acids is 1. The predicted octanol–water partition coefficient (Wildman–Crippen LogP) is 4.30. The number of amides is 1. The van der Waals surface area contributed by atoms with Crippen molar-refractivity contribution in [2.45, 2.75) is 32.4 Å². The molecule has 1 heterocycles.